The third-order valence-electron chi connectivity index (χ3n) is 3.45. The second-order valence-corrected chi connectivity index (χ2v) is 10.1. The maximum atomic E-state index is 10.4. The monoisotopic (exact) mass is 278 g/mol. The summed E-state index contributed by atoms with van der Waals surface area (Å²) in [5.41, 5.74) is 6.08. The third-order valence-corrected chi connectivity index (χ3v) is 9.12. The van der Waals surface area contributed by atoms with E-state index in [0.29, 0.717) is 13.0 Å². The molecular weight excluding hydrogens is 251 g/mol. The Morgan fingerprint density at radius 2 is 1.78 bits per heavy atom. The van der Waals surface area contributed by atoms with Gasteiger partial charge in [0.25, 0.3) is 0 Å². The SMILES string of the molecule is CC(C)[PH](OCCC#N)(C(C)C)C(O)C(N)CO. The molecule has 0 spiro atoms. The van der Waals surface area contributed by atoms with Crippen LogP contribution < -0.4 is 5.73 Å². The van der Waals surface area contributed by atoms with Crippen LogP contribution in [0.2, 0.25) is 0 Å². The molecule has 0 rings (SSSR count). The third kappa shape index (κ3) is 3.88. The van der Waals surface area contributed by atoms with Crippen molar-refractivity contribution >= 4 is 7.49 Å². The van der Waals surface area contributed by atoms with Crippen molar-refractivity contribution in [3.05, 3.63) is 0 Å². The quantitative estimate of drug-likeness (QED) is 0.455. The molecule has 0 aliphatic heterocycles. The van der Waals surface area contributed by atoms with Gasteiger partial charge in [0.2, 0.25) is 0 Å². The Morgan fingerprint density at radius 1 is 1.28 bits per heavy atom. The number of hydrogen-bond acceptors (Lipinski definition) is 5. The summed E-state index contributed by atoms with van der Waals surface area (Å²) < 4.78 is 5.95. The van der Waals surface area contributed by atoms with Gasteiger partial charge in [-0.3, -0.25) is 0 Å². The molecule has 4 N–H and O–H groups in total. The van der Waals surface area contributed by atoms with E-state index in [1.165, 1.54) is 0 Å². The molecule has 0 amide bonds. The number of nitrogens with zero attached hydrogens (tertiary/aromatic N) is 1. The fourth-order valence-corrected chi connectivity index (χ4v) is 7.24. The van der Waals surface area contributed by atoms with E-state index in [4.69, 9.17) is 20.6 Å². The summed E-state index contributed by atoms with van der Waals surface area (Å²) in [5, 5.41) is 28.2. The van der Waals surface area contributed by atoms with Gasteiger partial charge in [0.15, 0.2) is 0 Å². The van der Waals surface area contributed by atoms with Gasteiger partial charge in [-0.15, -0.1) is 0 Å². The fraction of sp³-hybridized carbons (Fsp3) is 0.917. The minimum atomic E-state index is -2.56. The average Bonchev–Trinajstić information content (AvgIpc) is 2.32. The first-order chi connectivity index (χ1) is 8.34. The van der Waals surface area contributed by atoms with E-state index in [0.717, 1.165) is 0 Å². The number of hydrogen-bond donors (Lipinski definition) is 3. The summed E-state index contributed by atoms with van der Waals surface area (Å²) in [6.07, 6.45) is 0.301. The molecule has 108 valence electrons. The van der Waals surface area contributed by atoms with Crippen LogP contribution >= 0.6 is 7.49 Å². The van der Waals surface area contributed by atoms with Crippen molar-refractivity contribution < 1.29 is 14.7 Å². The zero-order valence-electron chi connectivity index (χ0n) is 11.8. The maximum absolute atomic E-state index is 10.4. The van der Waals surface area contributed by atoms with Crippen LogP contribution in [0.1, 0.15) is 34.1 Å². The van der Waals surface area contributed by atoms with Gasteiger partial charge in [0, 0.05) is 0 Å². The second-order valence-electron chi connectivity index (χ2n) is 5.21. The first-order valence-electron chi connectivity index (χ1n) is 6.39. The Bertz CT molecular complexity index is 271. The Kier molecular flexibility index (Phi) is 7.93. The van der Waals surface area contributed by atoms with Crippen molar-refractivity contribution in [3.63, 3.8) is 0 Å². The summed E-state index contributed by atoms with van der Waals surface area (Å²) in [6.45, 7) is 8.07. The normalized spacial score (nSPS) is 16.7. The summed E-state index contributed by atoms with van der Waals surface area (Å²) in [4.78, 5) is 0. The van der Waals surface area contributed by atoms with Gasteiger partial charge >= 0.3 is 110 Å². The zero-order chi connectivity index (χ0) is 14.3. The molecule has 0 aromatic carbocycles. The zero-order valence-corrected chi connectivity index (χ0v) is 12.8. The molecule has 0 aromatic heterocycles. The molecule has 0 fully saturated rings. The molecule has 0 bridgehead atoms. The molecule has 6 heteroatoms. The standard InChI is InChI=1S/C12H27N2O3P/c1-9(2)18(10(3)4,17-7-5-6-13)12(16)11(14)8-15/h9-12,15-16,18H,5,7-8,14H2,1-4H3. The molecule has 0 aliphatic carbocycles. The van der Waals surface area contributed by atoms with E-state index in [9.17, 15) is 5.11 Å². The molecule has 0 saturated heterocycles. The van der Waals surface area contributed by atoms with Crippen molar-refractivity contribution in [3.8, 4) is 6.07 Å². The number of aliphatic hydroxyl groups excluding tert-OH is 2. The van der Waals surface area contributed by atoms with Crippen LogP contribution in [-0.2, 0) is 4.52 Å². The first-order valence-corrected chi connectivity index (χ1v) is 8.54. The average molecular weight is 278 g/mol. The van der Waals surface area contributed by atoms with Crippen LogP contribution in [0.5, 0.6) is 0 Å². The Hall–Kier alpha value is -0.240. The summed E-state index contributed by atoms with van der Waals surface area (Å²) >= 11 is 0. The van der Waals surface area contributed by atoms with Crippen LogP contribution in [0.4, 0.5) is 0 Å². The molecule has 2 atom stereocenters. The molecule has 18 heavy (non-hydrogen) atoms. The van der Waals surface area contributed by atoms with Crippen LogP contribution in [0.25, 0.3) is 0 Å². The van der Waals surface area contributed by atoms with Gasteiger partial charge in [0.1, 0.15) is 0 Å². The molecule has 2 unspecified atom stereocenters. The molecule has 0 aliphatic rings. The summed E-state index contributed by atoms with van der Waals surface area (Å²) in [5.74, 6) is -0.832. The van der Waals surface area contributed by atoms with Crippen molar-refractivity contribution in [2.24, 2.45) is 5.73 Å². The van der Waals surface area contributed by atoms with Gasteiger partial charge in [-0.2, -0.15) is 0 Å². The van der Waals surface area contributed by atoms with Crippen molar-refractivity contribution in [2.75, 3.05) is 13.2 Å². The fourth-order valence-electron chi connectivity index (χ4n) is 2.48. The Balaban J connectivity index is 5.16. The van der Waals surface area contributed by atoms with Crippen molar-refractivity contribution in [1.29, 1.82) is 5.26 Å². The van der Waals surface area contributed by atoms with Gasteiger partial charge in [0.05, 0.1) is 0 Å². The molecule has 0 heterocycles. The van der Waals surface area contributed by atoms with Crippen LogP contribution in [0.3, 0.4) is 0 Å². The van der Waals surface area contributed by atoms with Crippen molar-refractivity contribution in [2.45, 2.75) is 57.3 Å². The molecular formula is C12H27N2O3P. The Morgan fingerprint density at radius 3 is 2.11 bits per heavy atom. The molecule has 0 saturated carbocycles. The summed E-state index contributed by atoms with van der Waals surface area (Å²) in [6, 6.07) is 1.34. The number of nitriles is 1. The van der Waals surface area contributed by atoms with Gasteiger partial charge in [-0.05, 0) is 0 Å². The van der Waals surface area contributed by atoms with Crippen LogP contribution in [-0.4, -0.2) is 46.6 Å². The summed E-state index contributed by atoms with van der Waals surface area (Å²) in [7, 11) is -2.56. The van der Waals surface area contributed by atoms with E-state index >= 15 is 0 Å². The predicted molar refractivity (Wildman–Crippen MR) is 75.8 cm³/mol. The molecule has 0 aromatic rings. The first kappa shape index (κ1) is 17.8. The number of aliphatic hydroxyl groups is 2. The van der Waals surface area contributed by atoms with Crippen LogP contribution in [0.15, 0.2) is 0 Å². The molecule has 5 nitrogen and oxygen atoms in total. The van der Waals surface area contributed by atoms with E-state index in [2.05, 4.69) is 0 Å². The van der Waals surface area contributed by atoms with E-state index in [1.807, 2.05) is 33.8 Å². The minimum absolute atomic E-state index is 0.156. The van der Waals surface area contributed by atoms with Crippen LogP contribution in [0, 0.1) is 11.3 Å². The number of nitrogens with two attached hydrogens (primary N) is 1. The van der Waals surface area contributed by atoms with Gasteiger partial charge in [-0.1, -0.05) is 0 Å². The van der Waals surface area contributed by atoms with E-state index in [-0.39, 0.29) is 17.9 Å². The van der Waals surface area contributed by atoms with Gasteiger partial charge < -0.3 is 0 Å². The number of rotatable bonds is 8. The van der Waals surface area contributed by atoms with E-state index < -0.39 is 19.4 Å². The molecule has 0 radical (unpaired) electrons. The topological polar surface area (TPSA) is 99.5 Å². The van der Waals surface area contributed by atoms with Gasteiger partial charge in [-0.25, -0.2) is 0 Å². The van der Waals surface area contributed by atoms with Crippen molar-refractivity contribution in [1.82, 2.24) is 0 Å². The predicted octanol–water partition coefficient (Wildman–Crippen LogP) is 1.04. The second kappa shape index (κ2) is 8.04. The van der Waals surface area contributed by atoms with E-state index in [1.54, 1.807) is 0 Å². The Labute approximate surface area is 110 Å².